The maximum absolute atomic E-state index is 4.10. The molecule has 8 heavy (non-hydrogen) atoms. The van der Waals surface area contributed by atoms with Crippen molar-refractivity contribution in [2.75, 3.05) is 5.75 Å². The van der Waals surface area contributed by atoms with Gasteiger partial charge in [0, 0.05) is 0 Å². The van der Waals surface area contributed by atoms with Crippen LogP contribution in [0.2, 0.25) is 0 Å². The minimum atomic E-state index is 0. The molecule has 2 heteroatoms. The van der Waals surface area contributed by atoms with Crippen molar-refractivity contribution in [2.24, 2.45) is 5.92 Å². The van der Waals surface area contributed by atoms with Gasteiger partial charge in [0.25, 0.3) is 0 Å². The molecule has 0 heterocycles. The smallest absolute Gasteiger partial charge is 0.343 e. The van der Waals surface area contributed by atoms with Crippen molar-refractivity contribution in [1.29, 1.82) is 0 Å². The van der Waals surface area contributed by atoms with E-state index in [9.17, 15) is 0 Å². The molecule has 0 fully saturated rings. The summed E-state index contributed by atoms with van der Waals surface area (Å²) in [6.07, 6.45) is 1.93. The van der Waals surface area contributed by atoms with Gasteiger partial charge >= 0.3 is 19.5 Å². The van der Waals surface area contributed by atoms with Gasteiger partial charge in [-0.15, -0.1) is 0 Å². The van der Waals surface area contributed by atoms with Crippen molar-refractivity contribution in [2.45, 2.75) is 12.8 Å². The van der Waals surface area contributed by atoms with Crippen LogP contribution < -0.4 is 0 Å². The molecule has 44 valence electrons. The van der Waals surface area contributed by atoms with Gasteiger partial charge in [-0.25, -0.2) is 0 Å². The molecular formula is C6H12SZn. The van der Waals surface area contributed by atoms with Gasteiger partial charge in [-0.3, -0.25) is 0 Å². The Morgan fingerprint density at radius 2 is 1.62 bits per heavy atom. The van der Waals surface area contributed by atoms with E-state index in [1.165, 1.54) is 0 Å². The molecule has 0 aromatic heterocycles. The predicted molar refractivity (Wildman–Crippen MR) is 37.3 cm³/mol. The molecule has 0 nitrogen and oxygen atoms in total. The Labute approximate surface area is 70.6 Å². The zero-order chi connectivity index (χ0) is 5.70. The number of hydrogen-bond donors (Lipinski definition) is 1. The van der Waals surface area contributed by atoms with Crippen molar-refractivity contribution in [3.8, 4) is 0 Å². The molecule has 0 aromatic carbocycles. The van der Waals surface area contributed by atoms with Crippen LogP contribution in [-0.4, -0.2) is 5.75 Å². The second-order valence-corrected chi connectivity index (χ2v) is 1.99. The van der Waals surface area contributed by atoms with E-state index in [0.717, 1.165) is 18.6 Å². The molecule has 0 atom stereocenters. The molecule has 0 N–H and O–H groups in total. The topological polar surface area (TPSA) is 0 Å². The first kappa shape index (κ1) is 11.7. The number of thiol groups is 1. The summed E-state index contributed by atoms with van der Waals surface area (Å²) in [7, 11) is 0. The van der Waals surface area contributed by atoms with Crippen LogP contribution in [0.4, 0.5) is 0 Å². The molecule has 0 rings (SSSR count). The Bertz CT molecular complexity index is 30.0. The summed E-state index contributed by atoms with van der Waals surface area (Å²) in [6.45, 7) is 7.48. The summed E-state index contributed by atoms with van der Waals surface area (Å²) >= 11 is 4.10. The van der Waals surface area contributed by atoms with Crippen LogP contribution in [0.25, 0.3) is 0 Å². The molecule has 0 aliphatic rings. The van der Waals surface area contributed by atoms with Gasteiger partial charge in [0.15, 0.2) is 0 Å². The maximum atomic E-state index is 4.10. The summed E-state index contributed by atoms with van der Waals surface area (Å²) in [6, 6.07) is 0. The van der Waals surface area contributed by atoms with Crippen molar-refractivity contribution >= 4 is 12.6 Å². The molecule has 0 saturated heterocycles. The SMILES string of the molecule is [CH2-]CC(C[CH2-])CS.[Zn+2]. The van der Waals surface area contributed by atoms with Gasteiger partial charge in [0.2, 0.25) is 0 Å². The average Bonchev–Trinajstić information content (AvgIpc) is 1.72. The van der Waals surface area contributed by atoms with Crippen LogP contribution in [-0.2, 0) is 19.5 Å². The fraction of sp³-hybridized carbons (Fsp3) is 0.667. The van der Waals surface area contributed by atoms with E-state index in [2.05, 4.69) is 26.5 Å². The third-order valence-corrected chi connectivity index (χ3v) is 1.59. The fourth-order valence-electron chi connectivity index (χ4n) is 0.327. The summed E-state index contributed by atoms with van der Waals surface area (Å²) in [4.78, 5) is 0. The summed E-state index contributed by atoms with van der Waals surface area (Å²) in [5.74, 6) is 1.55. The second-order valence-electron chi connectivity index (χ2n) is 1.63. The third-order valence-electron chi connectivity index (χ3n) is 1.07. The molecule has 0 aliphatic heterocycles. The van der Waals surface area contributed by atoms with E-state index >= 15 is 0 Å². The Morgan fingerprint density at radius 3 is 1.62 bits per heavy atom. The molecule has 0 amide bonds. The second kappa shape index (κ2) is 7.97. The van der Waals surface area contributed by atoms with E-state index in [1.807, 2.05) is 0 Å². The molecule has 0 spiro atoms. The average molecular weight is 182 g/mol. The van der Waals surface area contributed by atoms with Crippen LogP contribution in [0, 0.1) is 19.8 Å². The monoisotopic (exact) mass is 180 g/mol. The Morgan fingerprint density at radius 1 is 1.25 bits per heavy atom. The fourth-order valence-corrected chi connectivity index (χ4v) is 0.692. The molecule has 0 saturated carbocycles. The van der Waals surface area contributed by atoms with E-state index in [-0.39, 0.29) is 19.5 Å². The van der Waals surface area contributed by atoms with Crippen molar-refractivity contribution in [3.63, 3.8) is 0 Å². The zero-order valence-corrected chi connectivity index (χ0v) is 9.13. The molecule has 0 radical (unpaired) electrons. The molecule has 0 aromatic rings. The van der Waals surface area contributed by atoms with Crippen molar-refractivity contribution < 1.29 is 19.5 Å². The first-order valence-corrected chi connectivity index (χ1v) is 3.17. The zero-order valence-electron chi connectivity index (χ0n) is 5.27. The predicted octanol–water partition coefficient (Wildman–Crippen LogP) is 1.98. The standard InChI is InChI=1S/C6H12S.Zn/c1-3-6(4-2)5-7;/h6-7H,1-5H2;/q-2;+2. The van der Waals surface area contributed by atoms with E-state index < -0.39 is 0 Å². The Balaban J connectivity index is 0. The van der Waals surface area contributed by atoms with E-state index in [0.29, 0.717) is 5.92 Å². The van der Waals surface area contributed by atoms with Crippen LogP contribution >= 0.6 is 12.6 Å². The largest absolute Gasteiger partial charge is 2.00 e. The van der Waals surface area contributed by atoms with Gasteiger partial charge in [0.05, 0.1) is 0 Å². The molecule has 0 aliphatic carbocycles. The molecular weight excluding hydrogens is 170 g/mol. The van der Waals surface area contributed by atoms with Crippen LogP contribution in [0.15, 0.2) is 0 Å². The van der Waals surface area contributed by atoms with Crippen LogP contribution in [0.1, 0.15) is 12.8 Å². The summed E-state index contributed by atoms with van der Waals surface area (Å²) in [5, 5.41) is 0. The molecule has 0 unspecified atom stereocenters. The maximum Gasteiger partial charge on any atom is 2.00 e. The Kier molecular flexibility index (Phi) is 11.7. The normalized spacial score (nSPS) is 9.00. The number of hydrogen-bond acceptors (Lipinski definition) is 1. The van der Waals surface area contributed by atoms with Crippen LogP contribution in [0.5, 0.6) is 0 Å². The Hall–Kier alpha value is 0.973. The summed E-state index contributed by atoms with van der Waals surface area (Å²) in [5.41, 5.74) is 0. The first-order chi connectivity index (χ1) is 3.35. The van der Waals surface area contributed by atoms with Gasteiger partial charge in [0.1, 0.15) is 0 Å². The van der Waals surface area contributed by atoms with Crippen molar-refractivity contribution in [3.05, 3.63) is 13.8 Å². The van der Waals surface area contributed by atoms with Gasteiger partial charge in [-0.1, -0.05) is 5.92 Å². The molecule has 0 bridgehead atoms. The van der Waals surface area contributed by atoms with Gasteiger partial charge < -0.3 is 13.8 Å². The van der Waals surface area contributed by atoms with Crippen LogP contribution in [0.3, 0.4) is 0 Å². The van der Waals surface area contributed by atoms with Gasteiger partial charge in [-0.2, -0.15) is 25.5 Å². The van der Waals surface area contributed by atoms with Gasteiger partial charge in [-0.05, 0) is 5.75 Å². The third kappa shape index (κ3) is 5.12. The van der Waals surface area contributed by atoms with Crippen molar-refractivity contribution in [1.82, 2.24) is 0 Å². The van der Waals surface area contributed by atoms with E-state index in [1.54, 1.807) is 0 Å². The minimum absolute atomic E-state index is 0. The quantitative estimate of drug-likeness (QED) is 0.384. The summed E-state index contributed by atoms with van der Waals surface area (Å²) < 4.78 is 0. The first-order valence-electron chi connectivity index (χ1n) is 2.54. The van der Waals surface area contributed by atoms with E-state index in [4.69, 9.17) is 0 Å². The minimum Gasteiger partial charge on any atom is -0.343 e. The number of rotatable bonds is 3.